The van der Waals surface area contributed by atoms with E-state index in [1.807, 2.05) is 0 Å². The zero-order valence-corrected chi connectivity index (χ0v) is 11.4. The van der Waals surface area contributed by atoms with Crippen molar-refractivity contribution in [1.82, 2.24) is 14.9 Å². The second-order valence-electron chi connectivity index (χ2n) is 5.13. The van der Waals surface area contributed by atoms with Crippen LogP contribution in [0.2, 0.25) is 0 Å². The van der Waals surface area contributed by atoms with Gasteiger partial charge in [0.2, 0.25) is 11.7 Å². The Morgan fingerprint density at radius 3 is 3.00 bits per heavy atom. The van der Waals surface area contributed by atoms with E-state index in [-0.39, 0.29) is 24.3 Å². The smallest absolute Gasteiger partial charge is 0.358 e. The van der Waals surface area contributed by atoms with Gasteiger partial charge in [-0.05, 0) is 35.2 Å². The normalized spacial score (nSPS) is 21.9. The number of aryl methyl sites for hydroxylation is 1. The fourth-order valence-electron chi connectivity index (χ4n) is 2.66. The lowest BCUT2D eigenvalue weighted by Gasteiger charge is -2.19. The molecular weight excluding hydrogens is 262 g/mol. The van der Waals surface area contributed by atoms with Crippen LogP contribution in [0.3, 0.4) is 0 Å². The summed E-state index contributed by atoms with van der Waals surface area (Å²) in [6.07, 6.45) is 4.33. The van der Waals surface area contributed by atoms with Crippen molar-refractivity contribution in [2.75, 3.05) is 6.54 Å². The van der Waals surface area contributed by atoms with E-state index in [9.17, 15) is 14.9 Å². The van der Waals surface area contributed by atoms with Crippen molar-refractivity contribution < 1.29 is 9.72 Å². The molecule has 0 spiro atoms. The van der Waals surface area contributed by atoms with Crippen molar-refractivity contribution in [3.8, 4) is 0 Å². The van der Waals surface area contributed by atoms with E-state index in [1.165, 1.54) is 10.8 Å². The van der Waals surface area contributed by atoms with Gasteiger partial charge >= 0.3 is 5.82 Å². The zero-order chi connectivity index (χ0) is 14.7. The summed E-state index contributed by atoms with van der Waals surface area (Å²) in [5.41, 5.74) is 5.67. The Morgan fingerprint density at radius 2 is 2.40 bits per heavy atom. The predicted molar refractivity (Wildman–Crippen MR) is 71.9 cm³/mol. The molecule has 8 nitrogen and oxygen atoms in total. The Kier molecular flexibility index (Phi) is 4.33. The molecule has 0 aromatic carbocycles. The summed E-state index contributed by atoms with van der Waals surface area (Å²) < 4.78 is 1.49. The third-order valence-electron chi connectivity index (χ3n) is 3.77. The second kappa shape index (κ2) is 6.00. The van der Waals surface area contributed by atoms with Crippen LogP contribution >= 0.6 is 0 Å². The maximum absolute atomic E-state index is 12.0. The SMILES string of the molecule is Cc1nc([N+](=O)[O-])cn1CC(=O)NC1CCCC1CN. The van der Waals surface area contributed by atoms with Crippen molar-refractivity contribution in [2.24, 2.45) is 11.7 Å². The van der Waals surface area contributed by atoms with Gasteiger partial charge in [0.05, 0.1) is 0 Å². The zero-order valence-electron chi connectivity index (χ0n) is 11.4. The number of carbonyl (C=O) groups excluding carboxylic acids is 1. The number of nitro groups is 1. The molecule has 20 heavy (non-hydrogen) atoms. The maximum atomic E-state index is 12.0. The van der Waals surface area contributed by atoms with Gasteiger partial charge in [0.25, 0.3) is 0 Å². The molecule has 1 fully saturated rings. The summed E-state index contributed by atoms with van der Waals surface area (Å²) in [6.45, 7) is 2.25. The minimum absolute atomic E-state index is 0.0421. The number of aromatic nitrogens is 2. The Balaban J connectivity index is 1.96. The van der Waals surface area contributed by atoms with Gasteiger partial charge in [0.15, 0.2) is 0 Å². The van der Waals surface area contributed by atoms with E-state index in [2.05, 4.69) is 10.3 Å². The van der Waals surface area contributed by atoms with Crippen LogP contribution in [0, 0.1) is 23.0 Å². The molecule has 0 aliphatic heterocycles. The average molecular weight is 281 g/mol. The van der Waals surface area contributed by atoms with Crippen LogP contribution in [-0.4, -0.2) is 33.0 Å². The van der Waals surface area contributed by atoms with Crippen LogP contribution in [0.25, 0.3) is 0 Å². The van der Waals surface area contributed by atoms with E-state index in [4.69, 9.17) is 5.73 Å². The van der Waals surface area contributed by atoms with Crippen LogP contribution < -0.4 is 11.1 Å². The van der Waals surface area contributed by atoms with E-state index in [1.54, 1.807) is 6.92 Å². The van der Waals surface area contributed by atoms with Gasteiger partial charge in [-0.3, -0.25) is 9.36 Å². The molecule has 1 heterocycles. The molecule has 8 heteroatoms. The summed E-state index contributed by atoms with van der Waals surface area (Å²) in [5.74, 6) is 0.382. The van der Waals surface area contributed by atoms with Crippen LogP contribution in [0.15, 0.2) is 6.20 Å². The summed E-state index contributed by atoms with van der Waals surface area (Å²) in [4.78, 5) is 25.8. The topological polar surface area (TPSA) is 116 Å². The molecule has 2 unspecified atom stereocenters. The molecule has 110 valence electrons. The van der Waals surface area contributed by atoms with Gasteiger partial charge in [-0.25, -0.2) is 0 Å². The fraction of sp³-hybridized carbons (Fsp3) is 0.667. The fourth-order valence-corrected chi connectivity index (χ4v) is 2.66. The molecule has 3 N–H and O–H groups in total. The van der Waals surface area contributed by atoms with Crippen molar-refractivity contribution in [1.29, 1.82) is 0 Å². The number of nitrogens with zero attached hydrogens (tertiary/aromatic N) is 3. The first kappa shape index (κ1) is 14.4. The van der Waals surface area contributed by atoms with Crippen molar-refractivity contribution >= 4 is 11.7 Å². The first-order valence-corrected chi connectivity index (χ1v) is 6.69. The summed E-state index contributed by atoms with van der Waals surface area (Å²) >= 11 is 0. The van der Waals surface area contributed by atoms with Crippen molar-refractivity contribution in [2.45, 2.75) is 38.8 Å². The van der Waals surface area contributed by atoms with Crippen LogP contribution in [0.5, 0.6) is 0 Å². The highest BCUT2D eigenvalue weighted by Gasteiger charge is 2.27. The Labute approximate surface area is 116 Å². The number of nitrogens with two attached hydrogens (primary N) is 1. The Bertz CT molecular complexity index is 513. The number of nitrogens with one attached hydrogen (secondary N) is 1. The standard InChI is InChI=1S/C12H19N5O3/c1-8-14-11(17(19)20)6-16(8)7-12(18)15-10-4-2-3-9(10)5-13/h6,9-10H,2-5,7,13H2,1H3,(H,15,18). The largest absolute Gasteiger partial charge is 0.381 e. The summed E-state index contributed by atoms with van der Waals surface area (Å²) in [6, 6.07) is 0.117. The lowest BCUT2D eigenvalue weighted by molar-refractivity contribution is -0.389. The van der Waals surface area contributed by atoms with E-state index in [0.717, 1.165) is 19.3 Å². The van der Waals surface area contributed by atoms with Crippen LogP contribution in [-0.2, 0) is 11.3 Å². The Morgan fingerprint density at radius 1 is 1.65 bits per heavy atom. The first-order valence-electron chi connectivity index (χ1n) is 6.69. The lowest BCUT2D eigenvalue weighted by Crippen LogP contribution is -2.41. The Hall–Kier alpha value is -1.96. The van der Waals surface area contributed by atoms with Gasteiger partial charge in [-0.15, -0.1) is 0 Å². The maximum Gasteiger partial charge on any atom is 0.381 e. The number of hydrogen-bond donors (Lipinski definition) is 2. The molecular formula is C12H19N5O3. The highest BCUT2D eigenvalue weighted by atomic mass is 16.6. The molecule has 1 aromatic heterocycles. The van der Waals surface area contributed by atoms with Crippen LogP contribution in [0.4, 0.5) is 5.82 Å². The van der Waals surface area contributed by atoms with Crippen LogP contribution in [0.1, 0.15) is 25.1 Å². The van der Waals surface area contributed by atoms with Crippen molar-refractivity contribution in [3.05, 3.63) is 22.1 Å². The number of amides is 1. The first-order chi connectivity index (χ1) is 9.51. The number of imidazole rings is 1. The molecule has 1 aliphatic rings. The third-order valence-corrected chi connectivity index (χ3v) is 3.77. The average Bonchev–Trinajstić information content (AvgIpc) is 2.97. The van der Waals surface area contributed by atoms with Gasteiger partial charge in [0, 0.05) is 13.0 Å². The summed E-state index contributed by atoms with van der Waals surface area (Å²) in [7, 11) is 0. The molecule has 1 saturated carbocycles. The molecule has 1 amide bonds. The molecule has 0 saturated heterocycles. The molecule has 1 aromatic rings. The van der Waals surface area contributed by atoms with Gasteiger partial charge in [0.1, 0.15) is 12.7 Å². The quantitative estimate of drug-likeness (QED) is 0.596. The molecule has 1 aliphatic carbocycles. The lowest BCUT2D eigenvalue weighted by atomic mass is 10.0. The minimum atomic E-state index is -0.567. The number of hydrogen-bond acceptors (Lipinski definition) is 5. The van der Waals surface area contributed by atoms with Gasteiger partial charge in [-0.1, -0.05) is 6.42 Å². The van der Waals surface area contributed by atoms with E-state index in [0.29, 0.717) is 18.3 Å². The van der Waals surface area contributed by atoms with Gasteiger partial charge in [-0.2, -0.15) is 0 Å². The second-order valence-corrected chi connectivity index (χ2v) is 5.13. The van der Waals surface area contributed by atoms with Crippen molar-refractivity contribution in [3.63, 3.8) is 0 Å². The molecule has 0 bridgehead atoms. The third kappa shape index (κ3) is 3.13. The van der Waals surface area contributed by atoms with Gasteiger partial charge < -0.3 is 21.2 Å². The van der Waals surface area contributed by atoms with E-state index >= 15 is 0 Å². The predicted octanol–water partition coefficient (Wildman–Crippen LogP) is 0.343. The molecule has 0 radical (unpaired) electrons. The minimum Gasteiger partial charge on any atom is -0.358 e. The summed E-state index contributed by atoms with van der Waals surface area (Å²) in [5, 5.41) is 13.6. The highest BCUT2D eigenvalue weighted by Crippen LogP contribution is 2.24. The highest BCUT2D eigenvalue weighted by molar-refractivity contribution is 5.76. The number of rotatable bonds is 5. The molecule has 2 rings (SSSR count). The molecule has 2 atom stereocenters. The van der Waals surface area contributed by atoms with E-state index < -0.39 is 4.92 Å². The number of carbonyl (C=O) groups is 1. The monoisotopic (exact) mass is 281 g/mol.